The predicted molar refractivity (Wildman–Crippen MR) is 78.1 cm³/mol. The zero-order valence-corrected chi connectivity index (χ0v) is 11.5. The van der Waals surface area contributed by atoms with Gasteiger partial charge in [0, 0.05) is 29.2 Å². The Morgan fingerprint density at radius 3 is 2.44 bits per heavy atom. The maximum Gasteiger partial charge on any atom is 0.248 e. The largest absolute Gasteiger partial charge is 0.397 e. The highest BCUT2D eigenvalue weighted by Crippen LogP contribution is 2.32. The Hall–Kier alpha value is -1.36. The first-order valence-electron chi connectivity index (χ1n) is 6.07. The van der Waals surface area contributed by atoms with Gasteiger partial charge in [0.1, 0.15) is 0 Å². The third kappa shape index (κ3) is 2.72. The van der Waals surface area contributed by atoms with Crippen molar-refractivity contribution in [3.63, 3.8) is 0 Å². The fourth-order valence-corrected chi connectivity index (χ4v) is 3.70. The van der Waals surface area contributed by atoms with Gasteiger partial charge >= 0.3 is 0 Å². The number of anilines is 2. The third-order valence-electron chi connectivity index (χ3n) is 3.07. The number of benzene rings is 1. The van der Waals surface area contributed by atoms with E-state index < -0.39 is 5.91 Å². The summed E-state index contributed by atoms with van der Waals surface area (Å²) in [5.41, 5.74) is 13.4. The minimum Gasteiger partial charge on any atom is -0.397 e. The lowest BCUT2D eigenvalue weighted by molar-refractivity contribution is 0.100. The highest BCUT2D eigenvalue weighted by molar-refractivity contribution is 8.00. The van der Waals surface area contributed by atoms with Gasteiger partial charge in [0.2, 0.25) is 5.91 Å². The van der Waals surface area contributed by atoms with Crippen LogP contribution in [0, 0.1) is 0 Å². The molecule has 98 valence electrons. The van der Waals surface area contributed by atoms with Crippen LogP contribution in [0.3, 0.4) is 0 Å². The number of nitrogen functional groups attached to an aromatic ring is 1. The van der Waals surface area contributed by atoms with E-state index in [0.29, 0.717) is 21.8 Å². The van der Waals surface area contributed by atoms with Crippen molar-refractivity contribution in [3.05, 3.63) is 23.8 Å². The van der Waals surface area contributed by atoms with E-state index in [2.05, 4.69) is 18.7 Å². The first-order valence-corrected chi connectivity index (χ1v) is 7.01. The van der Waals surface area contributed by atoms with Crippen LogP contribution in [-0.2, 0) is 0 Å². The van der Waals surface area contributed by atoms with E-state index in [1.54, 1.807) is 12.1 Å². The van der Waals surface area contributed by atoms with E-state index in [9.17, 15) is 4.79 Å². The van der Waals surface area contributed by atoms with Gasteiger partial charge in [0.25, 0.3) is 0 Å². The van der Waals surface area contributed by atoms with E-state index in [1.807, 2.05) is 17.8 Å². The highest BCUT2D eigenvalue weighted by atomic mass is 32.2. The second kappa shape index (κ2) is 5.10. The average Bonchev–Trinajstić information content (AvgIpc) is 2.27. The van der Waals surface area contributed by atoms with Gasteiger partial charge < -0.3 is 16.4 Å². The molecule has 0 aliphatic carbocycles. The standard InChI is InChI=1S/C13H19N3OS/c1-8-6-16(7-9(2)18-8)12-4-3-10(13(15)17)5-11(12)14/h3-5,8-9H,6-7,14H2,1-2H3,(H2,15,17). The average molecular weight is 265 g/mol. The maximum atomic E-state index is 11.1. The Bertz CT molecular complexity index is 454. The monoisotopic (exact) mass is 265 g/mol. The van der Waals surface area contributed by atoms with Crippen LogP contribution in [-0.4, -0.2) is 29.5 Å². The number of thioether (sulfide) groups is 1. The van der Waals surface area contributed by atoms with Crippen molar-refractivity contribution in [2.45, 2.75) is 24.3 Å². The van der Waals surface area contributed by atoms with Gasteiger partial charge in [-0.25, -0.2) is 0 Å². The van der Waals surface area contributed by atoms with E-state index in [0.717, 1.165) is 18.8 Å². The molecule has 0 aromatic heterocycles. The van der Waals surface area contributed by atoms with Gasteiger partial charge in [-0.05, 0) is 18.2 Å². The zero-order chi connectivity index (χ0) is 13.3. The van der Waals surface area contributed by atoms with Crippen molar-refractivity contribution >= 4 is 29.0 Å². The van der Waals surface area contributed by atoms with E-state index in [-0.39, 0.29) is 0 Å². The summed E-state index contributed by atoms with van der Waals surface area (Å²) < 4.78 is 0. The molecule has 4 N–H and O–H groups in total. The second-order valence-electron chi connectivity index (χ2n) is 4.80. The molecule has 0 saturated carbocycles. The van der Waals surface area contributed by atoms with Crippen molar-refractivity contribution < 1.29 is 4.79 Å². The summed E-state index contributed by atoms with van der Waals surface area (Å²) in [4.78, 5) is 13.4. The lowest BCUT2D eigenvalue weighted by Gasteiger charge is -2.36. The smallest absolute Gasteiger partial charge is 0.248 e. The number of nitrogens with two attached hydrogens (primary N) is 2. The van der Waals surface area contributed by atoms with Crippen molar-refractivity contribution in [2.75, 3.05) is 23.7 Å². The summed E-state index contributed by atoms with van der Waals surface area (Å²) >= 11 is 2.00. The summed E-state index contributed by atoms with van der Waals surface area (Å²) in [6.45, 7) is 6.41. The molecule has 18 heavy (non-hydrogen) atoms. The molecular formula is C13H19N3OS. The molecule has 4 nitrogen and oxygen atoms in total. The van der Waals surface area contributed by atoms with E-state index in [4.69, 9.17) is 11.5 Å². The molecule has 0 radical (unpaired) electrons. The van der Waals surface area contributed by atoms with E-state index in [1.165, 1.54) is 0 Å². The van der Waals surface area contributed by atoms with Crippen molar-refractivity contribution in [3.8, 4) is 0 Å². The van der Waals surface area contributed by atoms with Crippen LogP contribution < -0.4 is 16.4 Å². The molecule has 1 aliphatic heterocycles. The Morgan fingerprint density at radius 1 is 1.33 bits per heavy atom. The molecule has 1 amide bonds. The van der Waals surface area contributed by atoms with Crippen LogP contribution in [0.2, 0.25) is 0 Å². The normalized spacial score (nSPS) is 24.0. The summed E-state index contributed by atoms with van der Waals surface area (Å²) in [5.74, 6) is -0.441. The van der Waals surface area contributed by atoms with Crippen molar-refractivity contribution in [2.24, 2.45) is 5.73 Å². The molecular weight excluding hydrogens is 246 g/mol. The van der Waals surface area contributed by atoms with Gasteiger partial charge in [0.15, 0.2) is 0 Å². The Labute approximate surface area is 112 Å². The fraction of sp³-hybridized carbons (Fsp3) is 0.462. The summed E-state index contributed by atoms with van der Waals surface area (Å²) in [6.07, 6.45) is 0. The highest BCUT2D eigenvalue weighted by Gasteiger charge is 2.23. The molecule has 1 fully saturated rings. The Balaban J connectivity index is 2.25. The predicted octanol–water partition coefficient (Wildman–Crippen LogP) is 1.70. The SMILES string of the molecule is CC1CN(c2ccc(C(N)=O)cc2N)CC(C)S1. The number of primary amides is 1. The topological polar surface area (TPSA) is 72.3 Å². The molecule has 1 aromatic carbocycles. The van der Waals surface area contributed by atoms with Crippen LogP contribution in [0.15, 0.2) is 18.2 Å². The molecule has 5 heteroatoms. The van der Waals surface area contributed by atoms with Crippen LogP contribution in [0.25, 0.3) is 0 Å². The molecule has 0 spiro atoms. The fourth-order valence-electron chi connectivity index (χ4n) is 2.37. The summed E-state index contributed by atoms with van der Waals surface area (Å²) in [6, 6.07) is 5.30. The molecule has 2 atom stereocenters. The number of amides is 1. The number of carbonyl (C=O) groups is 1. The number of rotatable bonds is 2. The van der Waals surface area contributed by atoms with Gasteiger partial charge in [0.05, 0.1) is 11.4 Å². The molecule has 2 unspecified atom stereocenters. The minimum absolute atomic E-state index is 0.441. The number of hydrogen-bond acceptors (Lipinski definition) is 4. The van der Waals surface area contributed by atoms with Gasteiger partial charge in [-0.3, -0.25) is 4.79 Å². The lowest BCUT2D eigenvalue weighted by atomic mass is 10.1. The first-order chi connectivity index (χ1) is 8.47. The molecule has 0 bridgehead atoms. The molecule has 1 aliphatic rings. The van der Waals surface area contributed by atoms with Gasteiger partial charge in [-0.15, -0.1) is 0 Å². The van der Waals surface area contributed by atoms with Crippen LogP contribution in [0.1, 0.15) is 24.2 Å². The number of carbonyl (C=O) groups excluding carboxylic acids is 1. The summed E-state index contributed by atoms with van der Waals surface area (Å²) in [7, 11) is 0. The maximum absolute atomic E-state index is 11.1. The van der Waals surface area contributed by atoms with Gasteiger partial charge in [-0.1, -0.05) is 13.8 Å². The van der Waals surface area contributed by atoms with Crippen molar-refractivity contribution in [1.82, 2.24) is 0 Å². The van der Waals surface area contributed by atoms with Crippen LogP contribution >= 0.6 is 11.8 Å². The Kier molecular flexibility index (Phi) is 3.71. The van der Waals surface area contributed by atoms with Crippen LogP contribution in [0.4, 0.5) is 11.4 Å². The number of nitrogens with zero attached hydrogens (tertiary/aromatic N) is 1. The van der Waals surface area contributed by atoms with E-state index >= 15 is 0 Å². The molecule has 1 aromatic rings. The first kappa shape index (κ1) is 13.1. The van der Waals surface area contributed by atoms with Crippen molar-refractivity contribution in [1.29, 1.82) is 0 Å². The lowest BCUT2D eigenvalue weighted by Crippen LogP contribution is -2.40. The molecule has 1 heterocycles. The Morgan fingerprint density at radius 2 is 1.94 bits per heavy atom. The zero-order valence-electron chi connectivity index (χ0n) is 10.7. The second-order valence-corrected chi connectivity index (χ2v) is 6.68. The van der Waals surface area contributed by atoms with Gasteiger partial charge in [-0.2, -0.15) is 11.8 Å². The third-order valence-corrected chi connectivity index (χ3v) is 4.30. The molecule has 1 saturated heterocycles. The minimum atomic E-state index is -0.441. The summed E-state index contributed by atoms with van der Waals surface area (Å²) in [5, 5.41) is 1.17. The molecule has 2 rings (SSSR count). The number of hydrogen-bond donors (Lipinski definition) is 2. The quantitative estimate of drug-likeness (QED) is 0.798. The van der Waals surface area contributed by atoms with Crippen LogP contribution in [0.5, 0.6) is 0 Å².